The summed E-state index contributed by atoms with van der Waals surface area (Å²) in [4.78, 5) is 16.6. The molecule has 0 bridgehead atoms. The number of hydrogen-bond donors (Lipinski definition) is 0. The smallest absolute Gasteiger partial charge is 0.193 e. The Morgan fingerprint density at radius 1 is 0.857 bits per heavy atom. The van der Waals surface area contributed by atoms with Gasteiger partial charge in [0, 0.05) is 54.3 Å². The molecule has 0 aliphatic heterocycles. The predicted molar refractivity (Wildman–Crippen MR) is 97.7 cm³/mol. The Morgan fingerprint density at radius 2 is 1.43 bits per heavy atom. The van der Waals surface area contributed by atoms with Crippen molar-refractivity contribution < 1.29 is 4.79 Å². The molecule has 0 saturated carbocycles. The van der Waals surface area contributed by atoms with Crippen LogP contribution >= 0.6 is 22.6 Å². The predicted octanol–water partition coefficient (Wildman–Crippen LogP) is 3.65. The van der Waals surface area contributed by atoms with Gasteiger partial charge in [0.2, 0.25) is 0 Å². The van der Waals surface area contributed by atoms with Crippen molar-refractivity contribution in [1.29, 1.82) is 0 Å². The number of rotatable bonds is 4. The van der Waals surface area contributed by atoms with Crippen molar-refractivity contribution in [2.75, 3.05) is 38.0 Å². The standard InChI is InChI=1S/C17H19IN2O/c1-19(2)14-8-5-12(6-9-14)17(21)13-7-10-16(20(3)4)15(18)11-13/h5-11H,1-4H3. The average Bonchev–Trinajstić information content (AvgIpc) is 2.46. The van der Waals surface area contributed by atoms with Crippen molar-refractivity contribution in [2.45, 2.75) is 0 Å². The molecule has 2 aromatic rings. The van der Waals surface area contributed by atoms with E-state index >= 15 is 0 Å². The second kappa shape index (κ2) is 6.47. The third-order valence-electron chi connectivity index (χ3n) is 3.34. The second-order valence-electron chi connectivity index (χ2n) is 5.33. The Kier molecular flexibility index (Phi) is 4.88. The van der Waals surface area contributed by atoms with Gasteiger partial charge in [0.25, 0.3) is 0 Å². The van der Waals surface area contributed by atoms with E-state index in [-0.39, 0.29) is 5.78 Å². The van der Waals surface area contributed by atoms with Crippen LogP contribution in [0, 0.1) is 3.57 Å². The first-order chi connectivity index (χ1) is 9.90. The lowest BCUT2D eigenvalue weighted by Gasteiger charge is -2.15. The molecule has 0 unspecified atom stereocenters. The first-order valence-corrected chi connectivity index (χ1v) is 7.77. The minimum absolute atomic E-state index is 0.0588. The third kappa shape index (κ3) is 3.56. The van der Waals surface area contributed by atoms with E-state index in [0.29, 0.717) is 5.56 Å². The maximum Gasteiger partial charge on any atom is 0.193 e. The highest BCUT2D eigenvalue weighted by atomic mass is 127. The van der Waals surface area contributed by atoms with E-state index in [0.717, 1.165) is 20.5 Å². The van der Waals surface area contributed by atoms with Crippen LogP contribution in [0.3, 0.4) is 0 Å². The van der Waals surface area contributed by atoms with Crippen molar-refractivity contribution in [2.24, 2.45) is 0 Å². The van der Waals surface area contributed by atoms with Gasteiger partial charge in [0.1, 0.15) is 0 Å². The molecule has 0 aromatic heterocycles. The van der Waals surface area contributed by atoms with Crippen LogP contribution in [0.5, 0.6) is 0 Å². The van der Waals surface area contributed by atoms with Crippen molar-refractivity contribution in [3.05, 3.63) is 57.2 Å². The van der Waals surface area contributed by atoms with Crippen molar-refractivity contribution in [3.8, 4) is 0 Å². The fourth-order valence-corrected chi connectivity index (χ4v) is 3.09. The van der Waals surface area contributed by atoms with Gasteiger partial charge in [-0.2, -0.15) is 0 Å². The highest BCUT2D eigenvalue weighted by Gasteiger charge is 2.12. The van der Waals surface area contributed by atoms with Crippen LogP contribution in [0.25, 0.3) is 0 Å². The van der Waals surface area contributed by atoms with Gasteiger partial charge in [-0.25, -0.2) is 0 Å². The summed E-state index contributed by atoms with van der Waals surface area (Å²) in [5.74, 6) is 0.0588. The maximum absolute atomic E-state index is 12.5. The zero-order valence-corrected chi connectivity index (χ0v) is 14.9. The molecular weight excluding hydrogens is 375 g/mol. The van der Waals surface area contributed by atoms with Crippen LogP contribution in [0.2, 0.25) is 0 Å². The lowest BCUT2D eigenvalue weighted by Crippen LogP contribution is -2.11. The molecule has 3 nitrogen and oxygen atoms in total. The largest absolute Gasteiger partial charge is 0.378 e. The minimum atomic E-state index is 0.0588. The van der Waals surface area contributed by atoms with Crippen LogP contribution < -0.4 is 9.80 Å². The fraction of sp³-hybridized carbons (Fsp3) is 0.235. The molecule has 0 heterocycles. The Bertz CT molecular complexity index is 648. The fourth-order valence-electron chi connectivity index (χ4n) is 2.09. The molecule has 4 heteroatoms. The summed E-state index contributed by atoms with van der Waals surface area (Å²) in [6, 6.07) is 13.5. The molecule has 110 valence electrons. The topological polar surface area (TPSA) is 23.6 Å². The summed E-state index contributed by atoms with van der Waals surface area (Å²) in [5, 5.41) is 0. The van der Waals surface area contributed by atoms with Gasteiger partial charge in [0.15, 0.2) is 5.78 Å². The van der Waals surface area contributed by atoms with E-state index in [2.05, 4.69) is 22.6 Å². The molecule has 0 saturated heterocycles. The number of hydrogen-bond acceptors (Lipinski definition) is 3. The van der Waals surface area contributed by atoms with E-state index < -0.39 is 0 Å². The summed E-state index contributed by atoms with van der Waals surface area (Å²) in [6.45, 7) is 0. The highest BCUT2D eigenvalue weighted by molar-refractivity contribution is 14.1. The summed E-state index contributed by atoms with van der Waals surface area (Å²) in [5.41, 5.74) is 3.65. The quantitative estimate of drug-likeness (QED) is 0.584. The molecule has 0 radical (unpaired) electrons. The molecular formula is C17H19IN2O. The molecule has 0 fully saturated rings. The molecule has 0 aliphatic carbocycles. The lowest BCUT2D eigenvalue weighted by molar-refractivity contribution is 0.103. The molecule has 21 heavy (non-hydrogen) atoms. The number of halogens is 1. The first kappa shape index (κ1) is 15.8. The van der Waals surface area contributed by atoms with Crippen molar-refractivity contribution >= 4 is 39.7 Å². The van der Waals surface area contributed by atoms with Gasteiger partial charge in [-0.05, 0) is 65.1 Å². The average molecular weight is 394 g/mol. The van der Waals surface area contributed by atoms with Crippen LogP contribution in [-0.2, 0) is 0 Å². The minimum Gasteiger partial charge on any atom is -0.378 e. The van der Waals surface area contributed by atoms with E-state index in [1.165, 1.54) is 0 Å². The summed E-state index contributed by atoms with van der Waals surface area (Å²) < 4.78 is 1.08. The number of ketones is 1. The first-order valence-electron chi connectivity index (χ1n) is 6.69. The molecule has 0 amide bonds. The molecule has 0 spiro atoms. The van der Waals surface area contributed by atoms with Crippen LogP contribution in [0.1, 0.15) is 15.9 Å². The Balaban J connectivity index is 2.29. The van der Waals surface area contributed by atoms with Crippen molar-refractivity contribution in [3.63, 3.8) is 0 Å². The van der Waals surface area contributed by atoms with E-state index in [1.807, 2.05) is 80.5 Å². The Morgan fingerprint density at radius 3 is 1.90 bits per heavy atom. The molecule has 0 N–H and O–H groups in total. The number of benzene rings is 2. The Labute approximate surface area is 139 Å². The van der Waals surface area contributed by atoms with E-state index in [9.17, 15) is 4.79 Å². The zero-order valence-electron chi connectivity index (χ0n) is 12.7. The van der Waals surface area contributed by atoms with Crippen LogP contribution in [0.4, 0.5) is 11.4 Å². The van der Waals surface area contributed by atoms with Gasteiger partial charge >= 0.3 is 0 Å². The van der Waals surface area contributed by atoms with Gasteiger partial charge < -0.3 is 9.80 Å². The zero-order chi connectivity index (χ0) is 15.6. The Hall–Kier alpha value is -1.56. The number of carbonyl (C=O) groups is 1. The van der Waals surface area contributed by atoms with E-state index in [4.69, 9.17) is 0 Å². The normalized spacial score (nSPS) is 10.3. The molecule has 0 atom stereocenters. The summed E-state index contributed by atoms with van der Waals surface area (Å²) >= 11 is 2.27. The second-order valence-corrected chi connectivity index (χ2v) is 6.49. The number of nitrogens with zero attached hydrogens (tertiary/aromatic N) is 2. The van der Waals surface area contributed by atoms with E-state index in [1.54, 1.807) is 0 Å². The lowest BCUT2D eigenvalue weighted by atomic mass is 10.0. The van der Waals surface area contributed by atoms with Gasteiger partial charge in [0.05, 0.1) is 0 Å². The molecule has 2 aromatic carbocycles. The van der Waals surface area contributed by atoms with Gasteiger partial charge in [-0.1, -0.05) is 0 Å². The number of anilines is 2. The third-order valence-corrected chi connectivity index (χ3v) is 4.20. The number of carbonyl (C=O) groups excluding carboxylic acids is 1. The highest BCUT2D eigenvalue weighted by Crippen LogP contribution is 2.23. The van der Waals surface area contributed by atoms with Crippen LogP contribution in [-0.4, -0.2) is 34.0 Å². The maximum atomic E-state index is 12.5. The summed E-state index contributed by atoms with van der Waals surface area (Å²) in [6.07, 6.45) is 0. The SMILES string of the molecule is CN(C)c1ccc(C(=O)c2ccc(N(C)C)c(I)c2)cc1. The summed E-state index contributed by atoms with van der Waals surface area (Å²) in [7, 11) is 7.97. The van der Waals surface area contributed by atoms with Crippen molar-refractivity contribution in [1.82, 2.24) is 0 Å². The van der Waals surface area contributed by atoms with Gasteiger partial charge in [-0.15, -0.1) is 0 Å². The van der Waals surface area contributed by atoms with Crippen LogP contribution in [0.15, 0.2) is 42.5 Å². The molecule has 2 rings (SSSR count). The van der Waals surface area contributed by atoms with Gasteiger partial charge in [-0.3, -0.25) is 4.79 Å². The monoisotopic (exact) mass is 394 g/mol. The molecule has 0 aliphatic rings.